The molecule has 1 N–H and O–H groups in total. The van der Waals surface area contributed by atoms with Gasteiger partial charge in [-0.25, -0.2) is 0 Å². The van der Waals surface area contributed by atoms with Crippen molar-refractivity contribution < 1.29 is 9.59 Å². The quantitative estimate of drug-likeness (QED) is 0.796. The van der Waals surface area contributed by atoms with Gasteiger partial charge in [0.15, 0.2) is 5.78 Å². The van der Waals surface area contributed by atoms with E-state index in [2.05, 4.69) is 5.32 Å². The number of anilines is 2. The number of nitriles is 1. The first-order valence-corrected chi connectivity index (χ1v) is 8.09. The summed E-state index contributed by atoms with van der Waals surface area (Å²) in [6.45, 7) is 1.39. The molecule has 0 radical (unpaired) electrons. The fraction of sp³-hybridized carbons (Fsp3) is 0.167. The molecule has 7 heteroatoms. The first kappa shape index (κ1) is 18.8. The van der Waals surface area contributed by atoms with Crippen LogP contribution in [0, 0.1) is 11.3 Å². The van der Waals surface area contributed by atoms with E-state index < -0.39 is 0 Å². The Hall–Kier alpha value is -2.55. The topological polar surface area (TPSA) is 73.2 Å². The van der Waals surface area contributed by atoms with E-state index in [9.17, 15) is 9.59 Å². The first-order chi connectivity index (χ1) is 11.8. The maximum atomic E-state index is 12.3. The van der Waals surface area contributed by atoms with E-state index >= 15 is 0 Å². The molecule has 2 aromatic rings. The summed E-state index contributed by atoms with van der Waals surface area (Å²) in [5.41, 5.74) is 1.68. The first-order valence-electron chi connectivity index (χ1n) is 7.33. The zero-order valence-electron chi connectivity index (χ0n) is 13.6. The number of amides is 1. The molecule has 0 aliphatic carbocycles. The Bertz CT molecular complexity index is 855. The maximum Gasteiger partial charge on any atom is 0.243 e. The van der Waals surface area contributed by atoms with Crippen LogP contribution in [0.2, 0.25) is 10.0 Å². The number of carbonyl (C=O) groups excluding carboxylic acids is 2. The fourth-order valence-electron chi connectivity index (χ4n) is 2.31. The van der Waals surface area contributed by atoms with Gasteiger partial charge >= 0.3 is 0 Å². The summed E-state index contributed by atoms with van der Waals surface area (Å²) < 4.78 is 0. The molecule has 0 bridgehead atoms. The molecule has 5 nitrogen and oxygen atoms in total. The molecule has 0 fully saturated rings. The Labute approximate surface area is 155 Å². The molecular weight excluding hydrogens is 361 g/mol. The number of carbonyl (C=O) groups is 2. The van der Waals surface area contributed by atoms with Crippen molar-refractivity contribution >= 4 is 46.3 Å². The monoisotopic (exact) mass is 375 g/mol. The van der Waals surface area contributed by atoms with E-state index in [1.54, 1.807) is 48.3 Å². The van der Waals surface area contributed by atoms with E-state index in [1.165, 1.54) is 6.92 Å². The smallest absolute Gasteiger partial charge is 0.243 e. The van der Waals surface area contributed by atoms with Crippen LogP contribution in [0.5, 0.6) is 0 Å². The van der Waals surface area contributed by atoms with E-state index in [1.807, 2.05) is 6.07 Å². The molecule has 0 heterocycles. The molecule has 2 rings (SSSR count). The van der Waals surface area contributed by atoms with Gasteiger partial charge in [0.25, 0.3) is 0 Å². The molecule has 0 saturated carbocycles. The number of ketones is 1. The van der Waals surface area contributed by atoms with Gasteiger partial charge in [0.2, 0.25) is 5.91 Å². The number of hydrogen-bond donors (Lipinski definition) is 1. The van der Waals surface area contributed by atoms with Crippen LogP contribution in [0.3, 0.4) is 0 Å². The third-order valence-electron chi connectivity index (χ3n) is 3.53. The Morgan fingerprint density at radius 1 is 1.20 bits per heavy atom. The fourth-order valence-corrected chi connectivity index (χ4v) is 2.80. The second-order valence-corrected chi connectivity index (χ2v) is 6.22. The summed E-state index contributed by atoms with van der Waals surface area (Å²) in [7, 11) is 1.66. The third kappa shape index (κ3) is 4.50. The summed E-state index contributed by atoms with van der Waals surface area (Å²) in [4.78, 5) is 25.7. The highest BCUT2D eigenvalue weighted by Gasteiger charge is 2.16. The lowest BCUT2D eigenvalue weighted by atomic mass is 10.1. The molecule has 128 valence electrons. The minimum atomic E-state index is -0.352. The molecule has 1 amide bonds. The molecule has 0 atom stereocenters. The van der Waals surface area contributed by atoms with Crippen molar-refractivity contribution in [1.29, 1.82) is 5.26 Å². The Kier molecular flexibility index (Phi) is 6.02. The highest BCUT2D eigenvalue weighted by Crippen LogP contribution is 2.30. The highest BCUT2D eigenvalue weighted by atomic mass is 35.5. The number of para-hydroxylation sites is 1. The molecule has 0 aliphatic heterocycles. The van der Waals surface area contributed by atoms with Crippen LogP contribution < -0.4 is 10.2 Å². The van der Waals surface area contributed by atoms with Crippen LogP contribution in [-0.4, -0.2) is 25.3 Å². The van der Waals surface area contributed by atoms with Crippen LogP contribution in [0.1, 0.15) is 22.8 Å². The Morgan fingerprint density at radius 2 is 1.84 bits per heavy atom. The van der Waals surface area contributed by atoms with Gasteiger partial charge in [0, 0.05) is 18.3 Å². The minimum Gasteiger partial charge on any atom is -0.365 e. The van der Waals surface area contributed by atoms with Crippen molar-refractivity contribution in [3.05, 3.63) is 57.6 Å². The van der Waals surface area contributed by atoms with Crippen LogP contribution in [-0.2, 0) is 4.79 Å². The predicted octanol–water partition coefficient (Wildman–Crippen LogP) is 4.14. The number of halogens is 2. The van der Waals surface area contributed by atoms with Gasteiger partial charge in [-0.2, -0.15) is 5.26 Å². The van der Waals surface area contributed by atoms with E-state index in [4.69, 9.17) is 28.5 Å². The molecule has 0 aromatic heterocycles. The number of likely N-dealkylation sites (N-methyl/N-ethyl adjacent to an activating group) is 1. The Morgan fingerprint density at radius 3 is 2.40 bits per heavy atom. The van der Waals surface area contributed by atoms with Crippen molar-refractivity contribution in [3.63, 3.8) is 0 Å². The molecule has 0 unspecified atom stereocenters. The van der Waals surface area contributed by atoms with Crippen LogP contribution in [0.25, 0.3) is 0 Å². The number of hydrogen-bond acceptors (Lipinski definition) is 4. The maximum absolute atomic E-state index is 12.3. The standard InChI is InChI=1S/C18H15Cl2N3O2/c1-11(24)13-7-6-12(9-21)8-16(13)23(2)10-17(25)22-18-14(19)4-3-5-15(18)20/h3-8H,10H2,1-2H3,(H,22,25). The van der Waals surface area contributed by atoms with Gasteiger partial charge in [-0.3, -0.25) is 9.59 Å². The third-order valence-corrected chi connectivity index (χ3v) is 4.16. The van der Waals surface area contributed by atoms with Gasteiger partial charge in [0.05, 0.1) is 33.9 Å². The van der Waals surface area contributed by atoms with Gasteiger partial charge < -0.3 is 10.2 Å². The van der Waals surface area contributed by atoms with Crippen molar-refractivity contribution in [1.82, 2.24) is 0 Å². The lowest BCUT2D eigenvalue weighted by Gasteiger charge is -2.21. The van der Waals surface area contributed by atoms with E-state index in [0.717, 1.165) is 0 Å². The zero-order valence-corrected chi connectivity index (χ0v) is 15.1. The number of nitrogens with one attached hydrogen (secondary N) is 1. The highest BCUT2D eigenvalue weighted by molar-refractivity contribution is 6.39. The van der Waals surface area contributed by atoms with E-state index in [0.29, 0.717) is 32.5 Å². The minimum absolute atomic E-state index is 0.0449. The average molecular weight is 376 g/mol. The molecule has 0 spiro atoms. The second-order valence-electron chi connectivity index (χ2n) is 5.40. The van der Waals surface area contributed by atoms with E-state index in [-0.39, 0.29) is 18.2 Å². The summed E-state index contributed by atoms with van der Waals surface area (Å²) >= 11 is 12.1. The lowest BCUT2D eigenvalue weighted by Crippen LogP contribution is -2.31. The SMILES string of the molecule is CC(=O)c1ccc(C#N)cc1N(C)CC(=O)Nc1c(Cl)cccc1Cl. The van der Waals surface area contributed by atoms with Crippen LogP contribution in [0.15, 0.2) is 36.4 Å². The lowest BCUT2D eigenvalue weighted by molar-refractivity contribution is -0.114. The second kappa shape index (κ2) is 8.02. The van der Waals surface area contributed by atoms with Crippen molar-refractivity contribution in [2.24, 2.45) is 0 Å². The number of nitrogens with zero attached hydrogens (tertiary/aromatic N) is 2. The summed E-state index contributed by atoms with van der Waals surface area (Å²) in [6.07, 6.45) is 0. The van der Waals surface area contributed by atoms with Crippen molar-refractivity contribution in [3.8, 4) is 6.07 Å². The molecular formula is C18H15Cl2N3O2. The molecule has 2 aromatic carbocycles. The van der Waals surface area contributed by atoms with Gasteiger partial charge in [0.1, 0.15) is 0 Å². The van der Waals surface area contributed by atoms with Crippen LogP contribution in [0.4, 0.5) is 11.4 Å². The number of Topliss-reactive ketones (excluding diaryl/α,β-unsaturated/α-hetero) is 1. The molecule has 0 saturated heterocycles. The predicted molar refractivity (Wildman–Crippen MR) is 99.5 cm³/mol. The molecule has 0 aliphatic rings. The van der Waals surface area contributed by atoms with Crippen LogP contribution >= 0.6 is 23.2 Å². The largest absolute Gasteiger partial charge is 0.365 e. The Balaban J connectivity index is 2.22. The zero-order chi connectivity index (χ0) is 18.6. The van der Waals surface area contributed by atoms with Crippen molar-refractivity contribution in [2.45, 2.75) is 6.92 Å². The normalized spacial score (nSPS) is 10.0. The summed E-state index contributed by atoms with van der Waals surface area (Å²) in [5.74, 6) is -0.504. The van der Waals surface area contributed by atoms with Crippen molar-refractivity contribution in [2.75, 3.05) is 23.8 Å². The summed E-state index contributed by atoms with van der Waals surface area (Å²) in [6, 6.07) is 11.7. The molecule has 25 heavy (non-hydrogen) atoms. The van der Waals surface area contributed by atoms with Gasteiger partial charge in [-0.05, 0) is 37.3 Å². The number of benzene rings is 2. The average Bonchev–Trinajstić information content (AvgIpc) is 2.57. The summed E-state index contributed by atoms with van der Waals surface area (Å²) in [5, 5.41) is 12.4. The van der Waals surface area contributed by atoms with Gasteiger partial charge in [-0.15, -0.1) is 0 Å². The number of rotatable bonds is 5. The van der Waals surface area contributed by atoms with Gasteiger partial charge in [-0.1, -0.05) is 29.3 Å².